The predicted octanol–water partition coefficient (Wildman–Crippen LogP) is 0.122. The molecule has 1 heterocycles. The molecule has 0 aromatic rings. The Balaban J connectivity index is 3.16. The zero-order valence-electron chi connectivity index (χ0n) is 7.67. The molecule has 1 unspecified atom stereocenters. The van der Waals surface area contributed by atoms with E-state index in [1.807, 2.05) is 0 Å². The Bertz CT molecular complexity index is 298. The Morgan fingerprint density at radius 3 is 2.00 bits per heavy atom. The van der Waals surface area contributed by atoms with Crippen LogP contribution in [0.5, 0.6) is 0 Å². The molecule has 6 nitrogen and oxygen atoms in total. The first-order chi connectivity index (χ1) is 6.93. The molecular formula is C8H10O6S. The number of rotatable bonds is 3. The molecule has 0 aromatic heterocycles. The minimum Gasteiger partial charge on any atom is -0.481 e. The second-order valence-electron chi connectivity index (χ2n) is 3.23. The van der Waals surface area contributed by atoms with Crippen LogP contribution in [0.1, 0.15) is 12.8 Å². The highest BCUT2D eigenvalue weighted by molar-refractivity contribution is 8.02. The number of carboxylic acid groups (broad SMARTS) is 3. The van der Waals surface area contributed by atoms with E-state index in [1.54, 1.807) is 0 Å². The number of hydrogen-bond acceptors (Lipinski definition) is 4. The highest BCUT2D eigenvalue weighted by atomic mass is 32.2. The Morgan fingerprint density at radius 1 is 1.13 bits per heavy atom. The molecule has 1 saturated heterocycles. The fraction of sp³-hybridized carbons (Fsp3) is 0.625. The number of aliphatic carboxylic acids is 3. The van der Waals surface area contributed by atoms with Crippen LogP contribution in [0.25, 0.3) is 0 Å². The SMILES string of the molecule is O=C(O)C1CCCSC1(C(=O)O)C(=O)O. The number of hydrogen-bond donors (Lipinski definition) is 3. The van der Waals surface area contributed by atoms with Crippen LogP contribution in [0.3, 0.4) is 0 Å². The predicted molar refractivity (Wildman–Crippen MR) is 50.8 cm³/mol. The summed E-state index contributed by atoms with van der Waals surface area (Å²) < 4.78 is -2.23. The van der Waals surface area contributed by atoms with Crippen LogP contribution in [0, 0.1) is 5.92 Å². The van der Waals surface area contributed by atoms with E-state index in [-0.39, 0.29) is 6.42 Å². The zero-order valence-corrected chi connectivity index (χ0v) is 8.49. The molecule has 0 saturated carbocycles. The summed E-state index contributed by atoms with van der Waals surface area (Å²) in [6, 6.07) is 0. The van der Waals surface area contributed by atoms with Crippen LogP contribution in [0.4, 0.5) is 0 Å². The summed E-state index contributed by atoms with van der Waals surface area (Å²) in [7, 11) is 0. The average molecular weight is 234 g/mol. The highest BCUT2D eigenvalue weighted by Crippen LogP contribution is 2.41. The van der Waals surface area contributed by atoms with E-state index in [4.69, 9.17) is 15.3 Å². The molecule has 0 bridgehead atoms. The molecule has 0 amide bonds. The quantitative estimate of drug-likeness (QED) is 0.594. The second-order valence-corrected chi connectivity index (χ2v) is 4.57. The molecule has 0 radical (unpaired) electrons. The van der Waals surface area contributed by atoms with Gasteiger partial charge in [-0.25, -0.2) is 0 Å². The van der Waals surface area contributed by atoms with Crippen molar-refractivity contribution in [2.45, 2.75) is 17.6 Å². The molecular weight excluding hydrogens is 224 g/mol. The van der Waals surface area contributed by atoms with Gasteiger partial charge in [-0.3, -0.25) is 14.4 Å². The van der Waals surface area contributed by atoms with Gasteiger partial charge in [0.1, 0.15) is 0 Å². The fourth-order valence-electron chi connectivity index (χ4n) is 1.63. The maximum atomic E-state index is 11.0. The smallest absolute Gasteiger partial charge is 0.332 e. The molecule has 15 heavy (non-hydrogen) atoms. The van der Waals surface area contributed by atoms with E-state index in [1.165, 1.54) is 0 Å². The maximum Gasteiger partial charge on any atom is 0.332 e. The second kappa shape index (κ2) is 4.09. The van der Waals surface area contributed by atoms with Crippen LogP contribution < -0.4 is 0 Å². The Hall–Kier alpha value is -1.24. The third kappa shape index (κ3) is 1.79. The summed E-state index contributed by atoms with van der Waals surface area (Å²) in [5, 5.41) is 26.7. The van der Waals surface area contributed by atoms with E-state index >= 15 is 0 Å². The van der Waals surface area contributed by atoms with Crippen LogP contribution in [-0.2, 0) is 14.4 Å². The summed E-state index contributed by atoms with van der Waals surface area (Å²) in [5.41, 5.74) is 0. The average Bonchev–Trinajstić information content (AvgIpc) is 2.16. The molecule has 0 aromatic carbocycles. The Morgan fingerprint density at radius 2 is 1.67 bits per heavy atom. The van der Waals surface area contributed by atoms with Crippen molar-refractivity contribution in [1.29, 1.82) is 0 Å². The van der Waals surface area contributed by atoms with Crippen LogP contribution in [0.15, 0.2) is 0 Å². The summed E-state index contributed by atoms with van der Waals surface area (Å²) in [5.74, 6) is -5.57. The van der Waals surface area contributed by atoms with Gasteiger partial charge in [-0.05, 0) is 18.6 Å². The van der Waals surface area contributed by atoms with Crippen molar-refractivity contribution >= 4 is 29.7 Å². The van der Waals surface area contributed by atoms with Gasteiger partial charge in [0.25, 0.3) is 0 Å². The van der Waals surface area contributed by atoms with Crippen LogP contribution >= 0.6 is 11.8 Å². The van der Waals surface area contributed by atoms with Crippen molar-refractivity contribution < 1.29 is 29.7 Å². The summed E-state index contributed by atoms with van der Waals surface area (Å²) >= 11 is 0.683. The largest absolute Gasteiger partial charge is 0.481 e. The van der Waals surface area contributed by atoms with Gasteiger partial charge < -0.3 is 15.3 Å². The topological polar surface area (TPSA) is 112 Å². The van der Waals surface area contributed by atoms with Crippen molar-refractivity contribution in [2.75, 3.05) is 5.75 Å². The molecule has 1 aliphatic rings. The summed E-state index contributed by atoms with van der Waals surface area (Å²) in [6.45, 7) is 0. The van der Waals surface area contributed by atoms with Crippen LogP contribution in [0.2, 0.25) is 0 Å². The van der Waals surface area contributed by atoms with E-state index in [0.29, 0.717) is 23.9 Å². The number of thioether (sulfide) groups is 1. The molecule has 7 heteroatoms. The van der Waals surface area contributed by atoms with Crippen molar-refractivity contribution in [1.82, 2.24) is 0 Å². The molecule has 1 atom stereocenters. The van der Waals surface area contributed by atoms with Crippen LogP contribution in [-0.4, -0.2) is 43.7 Å². The molecule has 3 N–H and O–H groups in total. The summed E-state index contributed by atoms with van der Waals surface area (Å²) in [4.78, 5) is 32.8. The lowest BCUT2D eigenvalue weighted by molar-refractivity contribution is -0.161. The first kappa shape index (κ1) is 11.8. The standard InChI is InChI=1S/C8H10O6S/c9-5(10)4-2-1-3-15-8(4,6(11)12)7(13)14/h4H,1-3H2,(H,9,10)(H,11,12)(H,13,14). The zero-order chi connectivity index (χ0) is 11.6. The minimum atomic E-state index is -2.23. The fourth-order valence-corrected chi connectivity index (χ4v) is 2.93. The highest BCUT2D eigenvalue weighted by Gasteiger charge is 2.58. The van der Waals surface area contributed by atoms with Gasteiger partial charge in [0.05, 0.1) is 5.92 Å². The molecule has 84 valence electrons. The molecule has 1 aliphatic heterocycles. The monoisotopic (exact) mass is 234 g/mol. The third-order valence-electron chi connectivity index (χ3n) is 2.39. The van der Waals surface area contributed by atoms with E-state index in [9.17, 15) is 14.4 Å². The summed E-state index contributed by atoms with van der Waals surface area (Å²) in [6.07, 6.45) is 0.602. The van der Waals surface area contributed by atoms with E-state index < -0.39 is 28.6 Å². The van der Waals surface area contributed by atoms with Gasteiger partial charge >= 0.3 is 17.9 Å². The lowest BCUT2D eigenvalue weighted by Gasteiger charge is -2.33. The first-order valence-electron chi connectivity index (χ1n) is 4.26. The number of carbonyl (C=O) groups is 3. The number of carboxylic acids is 3. The lowest BCUT2D eigenvalue weighted by Crippen LogP contribution is -2.54. The third-order valence-corrected chi connectivity index (χ3v) is 3.97. The Kier molecular flexibility index (Phi) is 3.23. The van der Waals surface area contributed by atoms with E-state index in [0.717, 1.165) is 0 Å². The van der Waals surface area contributed by atoms with Crippen molar-refractivity contribution in [2.24, 2.45) is 5.92 Å². The first-order valence-corrected chi connectivity index (χ1v) is 5.25. The van der Waals surface area contributed by atoms with Gasteiger partial charge in [-0.1, -0.05) is 0 Å². The van der Waals surface area contributed by atoms with E-state index in [2.05, 4.69) is 0 Å². The minimum absolute atomic E-state index is 0.0843. The van der Waals surface area contributed by atoms with Gasteiger partial charge in [0.2, 0.25) is 4.75 Å². The Labute approximate surface area is 89.3 Å². The van der Waals surface area contributed by atoms with Gasteiger partial charge in [-0.2, -0.15) is 0 Å². The lowest BCUT2D eigenvalue weighted by atomic mass is 9.87. The normalized spacial score (nSPS) is 24.4. The van der Waals surface area contributed by atoms with Gasteiger partial charge in [0.15, 0.2) is 0 Å². The van der Waals surface area contributed by atoms with Gasteiger partial charge in [-0.15, -0.1) is 11.8 Å². The molecule has 1 fully saturated rings. The van der Waals surface area contributed by atoms with Crippen molar-refractivity contribution in [3.63, 3.8) is 0 Å². The molecule has 1 rings (SSSR count). The molecule has 0 spiro atoms. The van der Waals surface area contributed by atoms with Crippen molar-refractivity contribution in [3.8, 4) is 0 Å². The van der Waals surface area contributed by atoms with Gasteiger partial charge in [0, 0.05) is 0 Å². The molecule has 0 aliphatic carbocycles. The maximum absolute atomic E-state index is 11.0. The van der Waals surface area contributed by atoms with Crippen molar-refractivity contribution in [3.05, 3.63) is 0 Å².